The minimum atomic E-state index is -1.26. The Hall–Kier alpha value is -1.99. The van der Waals surface area contributed by atoms with Crippen LogP contribution in [0.4, 0.5) is 5.82 Å². The highest BCUT2D eigenvalue weighted by atomic mass is 35.5. The van der Waals surface area contributed by atoms with Gasteiger partial charge >= 0.3 is 11.1 Å². The number of hydrogen-bond acceptors (Lipinski definition) is 5. The van der Waals surface area contributed by atoms with Crippen molar-refractivity contribution in [2.24, 2.45) is 0 Å². The summed E-state index contributed by atoms with van der Waals surface area (Å²) in [6.45, 7) is 1.62. The van der Waals surface area contributed by atoms with Gasteiger partial charge in [0.25, 0.3) is 0 Å². The summed E-state index contributed by atoms with van der Waals surface area (Å²) in [5, 5.41) is 20.9. The van der Waals surface area contributed by atoms with Crippen LogP contribution in [0.1, 0.15) is 12.5 Å². The molecular formula is C11H11ClN4O3. The molecule has 2 rings (SSSR count). The molecular weight excluding hydrogens is 272 g/mol. The van der Waals surface area contributed by atoms with Gasteiger partial charge in [-0.2, -0.15) is 0 Å². The van der Waals surface area contributed by atoms with Gasteiger partial charge in [-0.3, -0.25) is 9.55 Å². The van der Waals surface area contributed by atoms with Crippen LogP contribution in [0, 0.1) is 10.1 Å². The number of nitrogens with zero attached hydrogens (tertiary/aromatic N) is 4. The zero-order chi connectivity index (χ0) is 14.0. The Morgan fingerprint density at radius 3 is 2.89 bits per heavy atom. The second-order valence-corrected chi connectivity index (χ2v) is 4.61. The third-order valence-corrected chi connectivity index (χ3v) is 2.97. The Kier molecular flexibility index (Phi) is 3.50. The number of halogens is 1. The maximum atomic E-state index is 10.6. The van der Waals surface area contributed by atoms with Gasteiger partial charge < -0.3 is 15.2 Å². The molecule has 0 amide bonds. The molecule has 7 nitrogen and oxygen atoms in total. The van der Waals surface area contributed by atoms with Gasteiger partial charge in [0, 0.05) is 18.0 Å². The van der Waals surface area contributed by atoms with Crippen LogP contribution in [0.15, 0.2) is 30.7 Å². The van der Waals surface area contributed by atoms with E-state index in [1.54, 1.807) is 25.3 Å². The van der Waals surface area contributed by atoms with E-state index in [0.717, 1.165) is 0 Å². The van der Waals surface area contributed by atoms with Crippen molar-refractivity contribution in [1.82, 2.24) is 14.5 Å². The van der Waals surface area contributed by atoms with Crippen LogP contribution < -0.4 is 0 Å². The summed E-state index contributed by atoms with van der Waals surface area (Å²) in [5.74, 6) is -0.355. The molecule has 2 heterocycles. The molecule has 0 radical (unpaired) electrons. The van der Waals surface area contributed by atoms with Crippen LogP contribution >= 0.6 is 11.6 Å². The molecule has 0 aliphatic carbocycles. The van der Waals surface area contributed by atoms with E-state index in [2.05, 4.69) is 9.97 Å². The zero-order valence-electron chi connectivity index (χ0n) is 10.0. The number of rotatable bonds is 4. The fourth-order valence-corrected chi connectivity index (χ4v) is 1.88. The molecule has 2 aromatic heterocycles. The van der Waals surface area contributed by atoms with Crippen LogP contribution in [-0.2, 0) is 12.1 Å². The molecule has 0 saturated heterocycles. The quantitative estimate of drug-likeness (QED) is 0.681. The topological polar surface area (TPSA) is 94.1 Å². The Morgan fingerprint density at radius 1 is 1.63 bits per heavy atom. The number of hydrogen-bond donors (Lipinski definition) is 1. The van der Waals surface area contributed by atoms with Gasteiger partial charge in [-0.25, -0.2) is 0 Å². The van der Waals surface area contributed by atoms with Gasteiger partial charge in [0.1, 0.15) is 11.8 Å². The summed E-state index contributed by atoms with van der Waals surface area (Å²) in [5.41, 5.74) is -0.672. The van der Waals surface area contributed by atoms with E-state index in [0.29, 0.717) is 5.56 Å². The van der Waals surface area contributed by atoms with Crippen molar-refractivity contribution in [1.29, 1.82) is 0 Å². The van der Waals surface area contributed by atoms with E-state index in [1.165, 1.54) is 17.0 Å². The normalized spacial score (nSPS) is 14.1. The maximum absolute atomic E-state index is 10.6. The summed E-state index contributed by atoms with van der Waals surface area (Å²) in [4.78, 5) is 17.5. The molecule has 0 spiro atoms. The molecule has 1 N–H and O–H groups in total. The van der Waals surface area contributed by atoms with Gasteiger partial charge in [0.15, 0.2) is 0 Å². The fraction of sp³-hybridized carbons (Fsp3) is 0.273. The minimum absolute atomic E-state index is 0.0400. The smallest absolute Gasteiger partial charge is 0.383 e. The lowest BCUT2D eigenvalue weighted by molar-refractivity contribution is -0.389. The van der Waals surface area contributed by atoms with Crippen molar-refractivity contribution in [3.63, 3.8) is 0 Å². The summed E-state index contributed by atoms with van der Waals surface area (Å²) in [6, 6.07) is 3.41. The Labute approximate surface area is 113 Å². The second kappa shape index (κ2) is 4.94. The van der Waals surface area contributed by atoms with Crippen molar-refractivity contribution < 1.29 is 10.0 Å². The van der Waals surface area contributed by atoms with Crippen molar-refractivity contribution in [3.05, 3.63) is 51.7 Å². The number of pyridine rings is 1. The molecule has 0 bridgehead atoms. The van der Waals surface area contributed by atoms with Crippen molar-refractivity contribution >= 4 is 17.4 Å². The highest BCUT2D eigenvalue weighted by molar-refractivity contribution is 6.28. The number of aliphatic hydroxyl groups is 1. The van der Waals surface area contributed by atoms with Gasteiger partial charge in [-0.05, 0) is 34.5 Å². The van der Waals surface area contributed by atoms with E-state index < -0.39 is 10.5 Å². The SMILES string of the molecule is CC(O)(Cn1cc([N+](=O)[O-])nc1Cl)c1cccnc1. The van der Waals surface area contributed by atoms with Gasteiger partial charge in [-0.1, -0.05) is 6.07 Å². The first-order valence-electron chi connectivity index (χ1n) is 5.40. The summed E-state index contributed by atoms with van der Waals surface area (Å²) in [7, 11) is 0. The average molecular weight is 283 g/mol. The van der Waals surface area contributed by atoms with E-state index >= 15 is 0 Å². The average Bonchev–Trinajstić information content (AvgIpc) is 2.72. The molecule has 8 heteroatoms. The molecule has 0 saturated carbocycles. The van der Waals surface area contributed by atoms with Gasteiger partial charge in [0.2, 0.25) is 0 Å². The highest BCUT2D eigenvalue weighted by Crippen LogP contribution is 2.25. The molecule has 0 aliphatic rings. The fourth-order valence-electron chi connectivity index (χ4n) is 1.68. The van der Waals surface area contributed by atoms with Crippen molar-refractivity contribution in [2.75, 3.05) is 0 Å². The predicted octanol–water partition coefficient (Wildman–Crippen LogP) is 1.75. The van der Waals surface area contributed by atoms with E-state index in [1.807, 2.05) is 0 Å². The molecule has 0 fully saturated rings. The summed E-state index contributed by atoms with van der Waals surface area (Å²) in [6.07, 6.45) is 4.31. The third-order valence-electron chi connectivity index (χ3n) is 2.66. The Balaban J connectivity index is 2.28. The van der Waals surface area contributed by atoms with Crippen LogP contribution in [0.5, 0.6) is 0 Å². The lowest BCUT2D eigenvalue weighted by atomic mass is 9.98. The highest BCUT2D eigenvalue weighted by Gasteiger charge is 2.27. The van der Waals surface area contributed by atoms with E-state index in [-0.39, 0.29) is 17.6 Å². The Morgan fingerprint density at radius 2 is 2.37 bits per heavy atom. The number of imidazole rings is 1. The summed E-state index contributed by atoms with van der Waals surface area (Å²) >= 11 is 5.80. The van der Waals surface area contributed by atoms with Crippen LogP contribution in [-0.4, -0.2) is 24.6 Å². The first-order valence-corrected chi connectivity index (χ1v) is 5.78. The molecule has 1 unspecified atom stereocenters. The largest absolute Gasteiger partial charge is 0.384 e. The predicted molar refractivity (Wildman–Crippen MR) is 67.7 cm³/mol. The van der Waals surface area contributed by atoms with Crippen LogP contribution in [0.2, 0.25) is 5.28 Å². The standard InChI is InChI=1S/C11H11ClN4O3/c1-11(17,8-3-2-4-13-5-8)7-15-6-9(16(18)19)14-10(15)12/h2-6,17H,7H2,1H3. The summed E-state index contributed by atoms with van der Waals surface area (Å²) < 4.78 is 1.33. The molecule has 100 valence electrons. The Bertz CT molecular complexity index is 597. The van der Waals surface area contributed by atoms with Crippen LogP contribution in [0.3, 0.4) is 0 Å². The lowest BCUT2D eigenvalue weighted by Gasteiger charge is -2.23. The van der Waals surface area contributed by atoms with Gasteiger partial charge in [-0.15, -0.1) is 0 Å². The third kappa shape index (κ3) is 2.88. The first-order chi connectivity index (χ1) is 8.90. The molecule has 0 aliphatic heterocycles. The van der Waals surface area contributed by atoms with E-state index in [9.17, 15) is 15.2 Å². The first kappa shape index (κ1) is 13.4. The molecule has 0 aromatic carbocycles. The molecule has 1 atom stereocenters. The molecule has 19 heavy (non-hydrogen) atoms. The van der Waals surface area contributed by atoms with Crippen molar-refractivity contribution in [2.45, 2.75) is 19.1 Å². The number of nitro groups is 1. The molecule has 2 aromatic rings. The second-order valence-electron chi connectivity index (χ2n) is 4.27. The number of aromatic nitrogens is 3. The van der Waals surface area contributed by atoms with Crippen molar-refractivity contribution in [3.8, 4) is 0 Å². The van der Waals surface area contributed by atoms with E-state index in [4.69, 9.17) is 11.6 Å². The lowest BCUT2D eigenvalue weighted by Crippen LogP contribution is -2.27. The maximum Gasteiger partial charge on any atom is 0.383 e. The van der Waals surface area contributed by atoms with Gasteiger partial charge in [0.05, 0.1) is 6.54 Å². The monoisotopic (exact) mass is 282 g/mol. The van der Waals surface area contributed by atoms with Crippen LogP contribution in [0.25, 0.3) is 0 Å². The minimum Gasteiger partial charge on any atom is -0.384 e. The zero-order valence-corrected chi connectivity index (χ0v) is 10.8.